The maximum atomic E-state index is 12.6. The zero-order valence-corrected chi connectivity index (χ0v) is 14.5. The van der Waals surface area contributed by atoms with Gasteiger partial charge in [-0.15, -0.1) is 0 Å². The summed E-state index contributed by atoms with van der Waals surface area (Å²) in [5, 5.41) is 0. The molecule has 0 radical (unpaired) electrons. The van der Waals surface area contributed by atoms with Gasteiger partial charge in [-0.25, -0.2) is 8.42 Å². The molecule has 0 saturated carbocycles. The third-order valence-electron chi connectivity index (χ3n) is 3.63. The van der Waals surface area contributed by atoms with E-state index in [1.807, 2.05) is 0 Å². The Labute approximate surface area is 134 Å². The van der Waals surface area contributed by atoms with Crippen LogP contribution in [0.3, 0.4) is 0 Å². The third kappa shape index (κ3) is 3.64. The molecule has 1 amide bonds. The molecule has 1 heterocycles. The largest absolute Gasteiger partial charge is 0.349 e. The van der Waals surface area contributed by atoms with E-state index in [1.54, 1.807) is 38.4 Å². The molecule has 1 aliphatic heterocycles. The molecule has 0 aliphatic carbocycles. The Morgan fingerprint density at radius 3 is 2.48 bits per heavy atom. The highest BCUT2D eigenvalue weighted by atomic mass is 79.9. The Kier molecular flexibility index (Phi) is 5.06. The number of piperidine rings is 1. The van der Waals surface area contributed by atoms with Gasteiger partial charge >= 0.3 is 0 Å². The van der Waals surface area contributed by atoms with Gasteiger partial charge in [0.25, 0.3) is 0 Å². The Hall–Kier alpha value is -0.920. The van der Waals surface area contributed by atoms with Gasteiger partial charge in [-0.1, -0.05) is 15.9 Å². The summed E-state index contributed by atoms with van der Waals surface area (Å²) in [5.74, 6) is -0.260. The van der Waals surface area contributed by atoms with Crippen molar-refractivity contribution >= 4 is 31.9 Å². The second kappa shape index (κ2) is 6.46. The number of rotatable bonds is 3. The van der Waals surface area contributed by atoms with E-state index in [1.165, 1.54) is 9.21 Å². The molecule has 1 fully saturated rings. The van der Waals surface area contributed by atoms with Crippen LogP contribution in [0.15, 0.2) is 33.6 Å². The van der Waals surface area contributed by atoms with E-state index in [4.69, 9.17) is 0 Å². The third-order valence-corrected chi connectivity index (χ3v) is 6.03. The minimum absolute atomic E-state index is 0.00861. The van der Waals surface area contributed by atoms with Gasteiger partial charge in [0.05, 0.1) is 10.8 Å². The topological polar surface area (TPSA) is 57.7 Å². The lowest BCUT2D eigenvalue weighted by Gasteiger charge is -2.32. The fourth-order valence-electron chi connectivity index (χ4n) is 2.48. The molecule has 1 aromatic rings. The molecule has 1 aliphatic rings. The molecule has 0 spiro atoms. The predicted octanol–water partition coefficient (Wildman–Crippen LogP) is 1.94. The van der Waals surface area contributed by atoms with Gasteiger partial charge in [-0.3, -0.25) is 4.79 Å². The summed E-state index contributed by atoms with van der Waals surface area (Å²) in [6.07, 6.45) is 1.45. The number of hydrogen-bond acceptors (Lipinski definition) is 3. The molecule has 116 valence electrons. The first-order valence-electron chi connectivity index (χ1n) is 6.79. The van der Waals surface area contributed by atoms with Crippen molar-refractivity contribution in [2.24, 2.45) is 5.92 Å². The molecule has 21 heavy (non-hydrogen) atoms. The molecule has 1 saturated heterocycles. The average molecular weight is 375 g/mol. The molecule has 5 nitrogen and oxygen atoms in total. The van der Waals surface area contributed by atoms with E-state index >= 15 is 0 Å². The first-order chi connectivity index (χ1) is 9.82. The Morgan fingerprint density at radius 2 is 1.90 bits per heavy atom. The van der Waals surface area contributed by atoms with Crippen molar-refractivity contribution < 1.29 is 13.2 Å². The highest BCUT2D eigenvalue weighted by molar-refractivity contribution is 9.10. The lowest BCUT2D eigenvalue weighted by atomic mass is 9.98. The molecule has 1 atom stereocenters. The summed E-state index contributed by atoms with van der Waals surface area (Å²) in [6, 6.07) is 6.58. The Bertz CT molecular complexity index is 614. The van der Waals surface area contributed by atoms with Crippen LogP contribution in [0.2, 0.25) is 0 Å². The standard InChI is InChI=1S/C14H19BrN2O3S/c1-16(2)14(18)11-4-3-9-17(10-11)21(19,20)13-7-5-12(15)6-8-13/h5-8,11H,3-4,9-10H2,1-2H3. The first kappa shape index (κ1) is 16.5. The number of hydrogen-bond donors (Lipinski definition) is 0. The van der Waals surface area contributed by atoms with Crippen LogP contribution in [0, 0.1) is 5.92 Å². The fraction of sp³-hybridized carbons (Fsp3) is 0.500. The molecule has 0 aromatic heterocycles. The number of halogens is 1. The number of nitrogens with zero attached hydrogens (tertiary/aromatic N) is 2. The van der Waals surface area contributed by atoms with Crippen molar-refractivity contribution in [3.05, 3.63) is 28.7 Å². The fourth-order valence-corrected chi connectivity index (χ4v) is 4.27. The lowest BCUT2D eigenvalue weighted by molar-refractivity contribution is -0.134. The molecular weight excluding hydrogens is 356 g/mol. The summed E-state index contributed by atoms with van der Waals surface area (Å²) in [7, 11) is -0.131. The average Bonchev–Trinajstić information content (AvgIpc) is 2.47. The van der Waals surface area contributed by atoms with Crippen molar-refractivity contribution in [1.29, 1.82) is 0 Å². The summed E-state index contributed by atoms with van der Waals surface area (Å²) >= 11 is 3.29. The van der Waals surface area contributed by atoms with Crippen molar-refractivity contribution in [2.75, 3.05) is 27.2 Å². The highest BCUT2D eigenvalue weighted by Crippen LogP contribution is 2.25. The molecule has 2 rings (SSSR count). The van der Waals surface area contributed by atoms with Crippen molar-refractivity contribution in [3.63, 3.8) is 0 Å². The first-order valence-corrected chi connectivity index (χ1v) is 9.02. The van der Waals surface area contributed by atoms with Gasteiger partial charge < -0.3 is 4.90 Å². The van der Waals surface area contributed by atoms with Crippen LogP contribution in [0.1, 0.15) is 12.8 Å². The smallest absolute Gasteiger partial charge is 0.243 e. The molecule has 1 aromatic carbocycles. The maximum Gasteiger partial charge on any atom is 0.243 e. The van der Waals surface area contributed by atoms with E-state index in [0.717, 1.165) is 10.9 Å². The highest BCUT2D eigenvalue weighted by Gasteiger charge is 2.33. The van der Waals surface area contributed by atoms with E-state index in [2.05, 4.69) is 15.9 Å². The number of benzene rings is 1. The quantitative estimate of drug-likeness (QED) is 0.812. The molecule has 0 N–H and O–H groups in total. The molecule has 7 heteroatoms. The van der Waals surface area contributed by atoms with Crippen LogP contribution >= 0.6 is 15.9 Å². The van der Waals surface area contributed by atoms with Crippen LogP contribution in [-0.4, -0.2) is 50.7 Å². The van der Waals surface area contributed by atoms with Crippen LogP contribution in [0.4, 0.5) is 0 Å². The lowest BCUT2D eigenvalue weighted by Crippen LogP contribution is -2.45. The van der Waals surface area contributed by atoms with Crippen LogP contribution in [0.25, 0.3) is 0 Å². The second-order valence-electron chi connectivity index (χ2n) is 5.39. The maximum absolute atomic E-state index is 12.6. The van der Waals surface area contributed by atoms with E-state index in [0.29, 0.717) is 13.0 Å². The van der Waals surface area contributed by atoms with Gasteiger partial charge in [0.2, 0.25) is 15.9 Å². The summed E-state index contributed by atoms with van der Waals surface area (Å²) < 4.78 is 27.5. The van der Waals surface area contributed by atoms with E-state index in [-0.39, 0.29) is 23.3 Å². The summed E-state index contributed by atoms with van der Waals surface area (Å²) in [4.78, 5) is 13.8. The van der Waals surface area contributed by atoms with Crippen molar-refractivity contribution in [1.82, 2.24) is 9.21 Å². The van der Waals surface area contributed by atoms with Crippen molar-refractivity contribution in [3.8, 4) is 0 Å². The summed E-state index contributed by atoms with van der Waals surface area (Å²) in [5.41, 5.74) is 0. The number of carbonyl (C=O) groups excluding carboxylic acids is 1. The second-order valence-corrected chi connectivity index (χ2v) is 8.24. The van der Waals surface area contributed by atoms with Gasteiger partial charge in [0.1, 0.15) is 0 Å². The molecular formula is C14H19BrN2O3S. The normalized spacial score (nSPS) is 20.2. The zero-order chi connectivity index (χ0) is 15.6. The van der Waals surface area contributed by atoms with Gasteiger partial charge in [0.15, 0.2) is 0 Å². The predicted molar refractivity (Wildman–Crippen MR) is 84.3 cm³/mol. The van der Waals surface area contributed by atoms with E-state index < -0.39 is 10.0 Å². The van der Waals surface area contributed by atoms with Gasteiger partial charge in [0, 0.05) is 31.7 Å². The van der Waals surface area contributed by atoms with Gasteiger partial charge in [-0.2, -0.15) is 4.31 Å². The van der Waals surface area contributed by atoms with Gasteiger partial charge in [-0.05, 0) is 37.1 Å². The molecule has 1 unspecified atom stereocenters. The SMILES string of the molecule is CN(C)C(=O)C1CCCN(S(=O)(=O)c2ccc(Br)cc2)C1. The zero-order valence-electron chi connectivity index (χ0n) is 12.1. The monoisotopic (exact) mass is 374 g/mol. The number of sulfonamides is 1. The van der Waals surface area contributed by atoms with Crippen molar-refractivity contribution in [2.45, 2.75) is 17.7 Å². The minimum Gasteiger partial charge on any atom is -0.349 e. The number of amides is 1. The van der Waals surface area contributed by atoms with Crippen LogP contribution in [0.5, 0.6) is 0 Å². The Balaban J connectivity index is 2.20. The minimum atomic E-state index is -3.53. The summed E-state index contributed by atoms with van der Waals surface area (Å²) in [6.45, 7) is 0.727. The van der Waals surface area contributed by atoms with Crippen LogP contribution in [-0.2, 0) is 14.8 Å². The van der Waals surface area contributed by atoms with Crippen LogP contribution < -0.4 is 0 Å². The Morgan fingerprint density at radius 1 is 1.29 bits per heavy atom. The van der Waals surface area contributed by atoms with E-state index in [9.17, 15) is 13.2 Å². The molecule has 0 bridgehead atoms. The number of carbonyl (C=O) groups is 1.